The Kier molecular flexibility index (Phi) is 11.5. The highest BCUT2D eigenvalue weighted by atomic mass is 16.1. The van der Waals surface area contributed by atoms with Crippen LogP contribution in [-0.4, -0.2) is 12.2 Å². The molecule has 0 atom stereocenters. The summed E-state index contributed by atoms with van der Waals surface area (Å²) in [6.45, 7) is 2.25. The van der Waals surface area contributed by atoms with Gasteiger partial charge in [0, 0.05) is 5.92 Å². The van der Waals surface area contributed by atoms with Crippen LogP contribution in [0.25, 0.3) is 0 Å². The van der Waals surface area contributed by atoms with Crippen LogP contribution < -0.4 is 0 Å². The van der Waals surface area contributed by atoms with Crippen molar-refractivity contribution in [2.45, 2.75) is 25.7 Å². The van der Waals surface area contributed by atoms with Gasteiger partial charge in [0.2, 0.25) is 12.2 Å². The lowest BCUT2D eigenvalue weighted by Crippen LogP contribution is -2.00. The number of hydrogen-bond donors (Lipinski definition) is 2. The molecule has 2 aromatic carbocycles. The van der Waals surface area contributed by atoms with Gasteiger partial charge in [-0.15, -0.1) is 0 Å². The number of carbonyl (C=O) groups excluding carboxylic acids is 2. The summed E-state index contributed by atoms with van der Waals surface area (Å²) in [4.78, 5) is 16.7. The SMILES string of the molecule is CCCC(c1ccccc1)c1ccccc1.N=C=O.N=C=O. The van der Waals surface area contributed by atoms with E-state index in [4.69, 9.17) is 20.4 Å². The molecule has 0 aliphatic carbocycles. The molecule has 0 unspecified atom stereocenters. The summed E-state index contributed by atoms with van der Waals surface area (Å²) in [5.41, 5.74) is 2.85. The highest BCUT2D eigenvalue weighted by molar-refractivity contribution is 5.32. The molecule has 22 heavy (non-hydrogen) atoms. The molecular formula is C18H20N2O2. The molecular weight excluding hydrogens is 276 g/mol. The second kappa shape index (κ2) is 13.2. The summed E-state index contributed by atoms with van der Waals surface area (Å²) in [7, 11) is 0. The van der Waals surface area contributed by atoms with E-state index in [1.807, 2.05) is 0 Å². The molecule has 0 radical (unpaired) electrons. The highest BCUT2D eigenvalue weighted by Gasteiger charge is 2.11. The maximum absolute atomic E-state index is 8.35. The van der Waals surface area contributed by atoms with E-state index < -0.39 is 0 Å². The van der Waals surface area contributed by atoms with Crippen LogP contribution in [0.2, 0.25) is 0 Å². The fraction of sp³-hybridized carbons (Fsp3) is 0.222. The Balaban J connectivity index is 0.000000639. The number of isocyanates is 2. The minimum absolute atomic E-state index is 0.549. The summed E-state index contributed by atoms with van der Waals surface area (Å²) in [5.74, 6) is 0.549. The third-order valence-corrected chi connectivity index (χ3v) is 2.98. The summed E-state index contributed by atoms with van der Waals surface area (Å²) in [6, 6.07) is 21.6. The number of nitrogens with one attached hydrogen (secondary N) is 2. The van der Waals surface area contributed by atoms with Crippen molar-refractivity contribution in [3.8, 4) is 0 Å². The van der Waals surface area contributed by atoms with Crippen LogP contribution in [0.3, 0.4) is 0 Å². The zero-order chi connectivity index (χ0) is 16.6. The number of hydrogen-bond acceptors (Lipinski definition) is 4. The van der Waals surface area contributed by atoms with E-state index in [1.54, 1.807) is 0 Å². The number of rotatable bonds is 4. The lowest BCUT2D eigenvalue weighted by molar-refractivity contribution is 0.562. The lowest BCUT2D eigenvalue weighted by atomic mass is 9.88. The first-order chi connectivity index (χ1) is 10.7. The van der Waals surface area contributed by atoms with Crippen LogP contribution in [0.15, 0.2) is 60.7 Å². The van der Waals surface area contributed by atoms with Gasteiger partial charge in [0.1, 0.15) is 0 Å². The van der Waals surface area contributed by atoms with Gasteiger partial charge in [0.25, 0.3) is 0 Å². The molecule has 0 aromatic heterocycles. The average Bonchev–Trinajstić information content (AvgIpc) is 2.56. The zero-order valence-electron chi connectivity index (χ0n) is 12.6. The van der Waals surface area contributed by atoms with E-state index in [1.165, 1.54) is 24.0 Å². The molecule has 0 saturated heterocycles. The van der Waals surface area contributed by atoms with Gasteiger partial charge in [-0.3, -0.25) is 0 Å². The van der Waals surface area contributed by atoms with Crippen molar-refractivity contribution in [3.63, 3.8) is 0 Å². The van der Waals surface area contributed by atoms with Gasteiger partial charge >= 0.3 is 0 Å². The molecule has 114 valence electrons. The smallest absolute Gasteiger partial charge is 0.222 e. The average molecular weight is 296 g/mol. The second-order valence-electron chi connectivity index (χ2n) is 4.37. The van der Waals surface area contributed by atoms with Gasteiger partial charge in [-0.1, -0.05) is 74.0 Å². The van der Waals surface area contributed by atoms with Crippen molar-refractivity contribution in [2.75, 3.05) is 0 Å². The Morgan fingerprint density at radius 3 is 1.41 bits per heavy atom. The van der Waals surface area contributed by atoms with Crippen LogP contribution in [0.1, 0.15) is 36.8 Å². The monoisotopic (exact) mass is 296 g/mol. The quantitative estimate of drug-likeness (QED) is 0.646. The van der Waals surface area contributed by atoms with E-state index in [0.29, 0.717) is 5.92 Å². The highest BCUT2D eigenvalue weighted by Crippen LogP contribution is 2.28. The van der Waals surface area contributed by atoms with Crippen molar-refractivity contribution in [1.29, 1.82) is 10.8 Å². The summed E-state index contributed by atoms with van der Waals surface area (Å²) in [5, 5.41) is 10.8. The molecule has 0 bridgehead atoms. The Labute approximate surface area is 130 Å². The van der Waals surface area contributed by atoms with Crippen molar-refractivity contribution < 1.29 is 9.59 Å². The van der Waals surface area contributed by atoms with Gasteiger partial charge in [-0.25, -0.2) is 20.4 Å². The Morgan fingerprint density at radius 1 is 0.818 bits per heavy atom. The van der Waals surface area contributed by atoms with E-state index in [0.717, 1.165) is 12.2 Å². The van der Waals surface area contributed by atoms with E-state index in [9.17, 15) is 0 Å². The van der Waals surface area contributed by atoms with Crippen LogP contribution in [0.4, 0.5) is 0 Å². The Bertz CT molecular complexity index is 519. The van der Waals surface area contributed by atoms with E-state index in [2.05, 4.69) is 67.6 Å². The first kappa shape index (κ1) is 19.2. The topological polar surface area (TPSA) is 81.8 Å². The predicted octanol–water partition coefficient (Wildman–Crippen LogP) is 4.42. The van der Waals surface area contributed by atoms with Crippen molar-refractivity contribution >= 4 is 12.2 Å². The molecule has 2 aromatic rings. The molecule has 0 aliphatic heterocycles. The van der Waals surface area contributed by atoms with Crippen LogP contribution in [-0.2, 0) is 9.59 Å². The van der Waals surface area contributed by atoms with Crippen molar-refractivity contribution in [2.24, 2.45) is 0 Å². The summed E-state index contributed by atoms with van der Waals surface area (Å²) >= 11 is 0. The maximum atomic E-state index is 8.35. The molecule has 0 heterocycles. The molecule has 4 nitrogen and oxygen atoms in total. The third kappa shape index (κ3) is 7.71. The summed E-state index contributed by atoms with van der Waals surface area (Å²) < 4.78 is 0. The number of benzene rings is 2. The van der Waals surface area contributed by atoms with E-state index in [-0.39, 0.29) is 0 Å². The van der Waals surface area contributed by atoms with Gasteiger partial charge in [-0.2, -0.15) is 0 Å². The maximum Gasteiger partial charge on any atom is 0.231 e. The van der Waals surface area contributed by atoms with Crippen molar-refractivity contribution in [1.82, 2.24) is 0 Å². The molecule has 0 spiro atoms. The fourth-order valence-electron chi connectivity index (χ4n) is 2.19. The first-order valence-electron chi connectivity index (χ1n) is 6.92. The Morgan fingerprint density at radius 2 is 1.14 bits per heavy atom. The second-order valence-corrected chi connectivity index (χ2v) is 4.37. The van der Waals surface area contributed by atoms with Crippen molar-refractivity contribution in [3.05, 3.63) is 71.8 Å². The predicted molar refractivity (Wildman–Crippen MR) is 86.5 cm³/mol. The Hall–Kier alpha value is -2.80. The third-order valence-electron chi connectivity index (χ3n) is 2.98. The molecule has 0 fully saturated rings. The molecule has 0 amide bonds. The van der Waals surface area contributed by atoms with Crippen LogP contribution in [0.5, 0.6) is 0 Å². The zero-order valence-corrected chi connectivity index (χ0v) is 12.6. The minimum Gasteiger partial charge on any atom is -0.222 e. The normalized spacial score (nSPS) is 8.45. The molecule has 0 aliphatic rings. The molecule has 2 N–H and O–H groups in total. The van der Waals surface area contributed by atoms with Gasteiger partial charge < -0.3 is 0 Å². The van der Waals surface area contributed by atoms with Crippen LogP contribution >= 0.6 is 0 Å². The minimum atomic E-state index is 0.549. The van der Waals surface area contributed by atoms with Gasteiger partial charge in [-0.05, 0) is 17.5 Å². The standard InChI is InChI=1S/C16H18.2CHNO/c1-2-9-16(14-10-5-3-6-11-14)15-12-7-4-8-13-15;2*2-1-3/h3-8,10-13,16H,2,9H2,1H3;2*2H. The van der Waals surface area contributed by atoms with E-state index >= 15 is 0 Å². The molecule has 4 heteroatoms. The lowest BCUT2D eigenvalue weighted by Gasteiger charge is -2.17. The molecule has 2 rings (SSSR count). The van der Waals surface area contributed by atoms with Gasteiger partial charge in [0.15, 0.2) is 0 Å². The molecule has 0 saturated carbocycles. The van der Waals surface area contributed by atoms with Gasteiger partial charge in [0.05, 0.1) is 0 Å². The fourth-order valence-corrected chi connectivity index (χ4v) is 2.19. The largest absolute Gasteiger partial charge is 0.231 e. The van der Waals surface area contributed by atoms with Crippen LogP contribution in [0, 0.1) is 10.8 Å². The summed E-state index contributed by atoms with van der Waals surface area (Å²) in [6.07, 6.45) is 3.93. The first-order valence-corrected chi connectivity index (χ1v) is 6.92.